The lowest BCUT2D eigenvalue weighted by Gasteiger charge is -2.15. The molecule has 1 aliphatic rings. The summed E-state index contributed by atoms with van der Waals surface area (Å²) in [5.74, 6) is 1.28. The second-order valence-corrected chi connectivity index (χ2v) is 11.3. The van der Waals surface area contributed by atoms with Gasteiger partial charge < -0.3 is 9.47 Å². The van der Waals surface area contributed by atoms with Gasteiger partial charge in [-0.2, -0.15) is 0 Å². The number of pyridine rings is 2. The zero-order chi connectivity index (χ0) is 29.3. The third-order valence-electron chi connectivity index (χ3n) is 7.23. The molecule has 8 heteroatoms. The van der Waals surface area contributed by atoms with Crippen LogP contribution in [-0.4, -0.2) is 39.6 Å². The van der Waals surface area contributed by atoms with Gasteiger partial charge in [0.1, 0.15) is 11.5 Å². The lowest BCUT2D eigenvalue weighted by molar-refractivity contribution is -0.118. The molecule has 2 aromatic carbocycles. The SMILES string of the molecule is CCc1ccc(CCOc2ccc(-c3cc(CC4SC(=O)NC4=O)ccc3OCCc3ccc(CC)cn3)cc2)nc1. The van der Waals surface area contributed by atoms with Crippen LogP contribution in [0.1, 0.15) is 41.9 Å². The van der Waals surface area contributed by atoms with Crippen LogP contribution in [0.4, 0.5) is 4.79 Å². The zero-order valence-electron chi connectivity index (χ0n) is 24.0. The first kappa shape index (κ1) is 29.3. The van der Waals surface area contributed by atoms with Crippen molar-refractivity contribution in [1.82, 2.24) is 15.3 Å². The van der Waals surface area contributed by atoms with Gasteiger partial charge in [-0.05, 0) is 77.9 Å². The molecule has 1 aliphatic heterocycles. The van der Waals surface area contributed by atoms with E-state index in [-0.39, 0.29) is 11.1 Å². The molecule has 1 unspecified atom stereocenters. The Morgan fingerprint density at radius 1 is 0.762 bits per heavy atom. The summed E-state index contributed by atoms with van der Waals surface area (Å²) in [6.07, 6.45) is 7.66. The second kappa shape index (κ2) is 14.1. The van der Waals surface area contributed by atoms with E-state index >= 15 is 0 Å². The normalized spacial score (nSPS) is 14.6. The highest BCUT2D eigenvalue weighted by molar-refractivity contribution is 8.15. The third kappa shape index (κ3) is 7.76. The van der Waals surface area contributed by atoms with Crippen molar-refractivity contribution in [3.8, 4) is 22.6 Å². The highest BCUT2D eigenvalue weighted by Crippen LogP contribution is 2.34. The highest BCUT2D eigenvalue weighted by atomic mass is 32.2. The fourth-order valence-electron chi connectivity index (χ4n) is 4.69. The van der Waals surface area contributed by atoms with E-state index in [1.165, 1.54) is 11.1 Å². The second-order valence-electron chi connectivity index (χ2n) is 10.2. The molecule has 3 heterocycles. The monoisotopic (exact) mass is 581 g/mol. The lowest BCUT2D eigenvalue weighted by atomic mass is 9.99. The van der Waals surface area contributed by atoms with Gasteiger partial charge in [0.05, 0.1) is 18.5 Å². The lowest BCUT2D eigenvalue weighted by Crippen LogP contribution is -2.25. The van der Waals surface area contributed by atoms with E-state index < -0.39 is 5.25 Å². The average molecular weight is 582 g/mol. The summed E-state index contributed by atoms with van der Waals surface area (Å²) in [5, 5.41) is 1.64. The topological polar surface area (TPSA) is 90.4 Å². The Morgan fingerprint density at radius 2 is 1.38 bits per heavy atom. The van der Waals surface area contributed by atoms with Crippen LogP contribution in [-0.2, 0) is 36.9 Å². The van der Waals surface area contributed by atoms with Crippen LogP contribution in [0, 0.1) is 0 Å². The van der Waals surface area contributed by atoms with Crippen LogP contribution in [0.25, 0.3) is 11.1 Å². The molecule has 0 bridgehead atoms. The molecule has 1 saturated heterocycles. The number of aromatic nitrogens is 2. The molecule has 0 spiro atoms. The molecular weight excluding hydrogens is 546 g/mol. The number of carbonyl (C=O) groups is 2. The first-order chi connectivity index (χ1) is 20.5. The van der Waals surface area contributed by atoms with E-state index in [1.54, 1.807) is 0 Å². The minimum absolute atomic E-state index is 0.244. The Morgan fingerprint density at radius 3 is 1.93 bits per heavy atom. The largest absolute Gasteiger partial charge is 0.493 e. The number of amides is 2. The van der Waals surface area contributed by atoms with Gasteiger partial charge in [0.15, 0.2) is 0 Å². The van der Waals surface area contributed by atoms with Crippen molar-refractivity contribution in [3.05, 3.63) is 107 Å². The first-order valence-corrected chi connectivity index (χ1v) is 15.3. The van der Waals surface area contributed by atoms with Crippen molar-refractivity contribution in [3.63, 3.8) is 0 Å². The van der Waals surface area contributed by atoms with Crippen LogP contribution in [0.3, 0.4) is 0 Å². The van der Waals surface area contributed by atoms with Gasteiger partial charge in [-0.25, -0.2) is 0 Å². The molecule has 5 rings (SSSR count). The standard InChI is InChI=1S/C34H35N3O4S/c1-3-23-5-10-27(35-21-23)15-17-40-29-12-8-26(9-13-29)30-19-25(20-32-33(38)37-34(39)42-32)7-14-31(30)41-18-16-28-11-6-24(4-2)22-36-28/h5-14,19,21-22,32H,3-4,15-18,20H2,1-2H3,(H,37,38,39). The molecule has 0 aliphatic carbocycles. The number of benzene rings is 2. The van der Waals surface area contributed by atoms with E-state index in [4.69, 9.17) is 9.47 Å². The maximum Gasteiger partial charge on any atom is 0.286 e. The first-order valence-electron chi connectivity index (χ1n) is 14.4. The molecule has 216 valence electrons. The molecule has 0 saturated carbocycles. The number of carbonyl (C=O) groups excluding carboxylic acids is 2. The molecule has 1 atom stereocenters. The average Bonchev–Trinajstić information content (AvgIpc) is 3.34. The summed E-state index contributed by atoms with van der Waals surface area (Å²) >= 11 is 1.04. The van der Waals surface area contributed by atoms with Crippen molar-refractivity contribution in [2.45, 2.75) is 51.2 Å². The van der Waals surface area contributed by atoms with Crippen LogP contribution in [0.5, 0.6) is 11.5 Å². The summed E-state index contributed by atoms with van der Waals surface area (Å²) in [5.41, 5.74) is 7.28. The number of nitrogens with one attached hydrogen (secondary N) is 1. The number of rotatable bonds is 13. The summed E-state index contributed by atoms with van der Waals surface area (Å²) in [4.78, 5) is 32.9. The van der Waals surface area contributed by atoms with Crippen molar-refractivity contribution in [1.29, 1.82) is 0 Å². The Bertz CT molecular complexity index is 1510. The summed E-state index contributed by atoms with van der Waals surface area (Å²) < 4.78 is 12.3. The smallest absolute Gasteiger partial charge is 0.286 e. The maximum atomic E-state index is 12.2. The van der Waals surface area contributed by atoms with Crippen LogP contribution in [0.2, 0.25) is 0 Å². The Labute approximate surface area is 251 Å². The fourth-order valence-corrected chi connectivity index (χ4v) is 5.55. The van der Waals surface area contributed by atoms with Crippen molar-refractivity contribution in [2.75, 3.05) is 13.2 Å². The summed E-state index contributed by atoms with van der Waals surface area (Å²) in [6, 6.07) is 22.2. The molecule has 2 aromatic heterocycles. The number of ether oxygens (including phenoxy) is 2. The van der Waals surface area contributed by atoms with Crippen molar-refractivity contribution >= 4 is 22.9 Å². The van der Waals surface area contributed by atoms with Crippen molar-refractivity contribution < 1.29 is 19.1 Å². The van der Waals surface area contributed by atoms with E-state index in [2.05, 4.69) is 47.3 Å². The number of thioether (sulfide) groups is 1. The fraction of sp³-hybridized carbons (Fsp3) is 0.294. The Balaban J connectivity index is 1.28. The van der Waals surface area contributed by atoms with E-state index in [0.29, 0.717) is 26.1 Å². The predicted molar refractivity (Wildman–Crippen MR) is 166 cm³/mol. The van der Waals surface area contributed by atoms with E-state index in [1.807, 2.05) is 60.9 Å². The van der Waals surface area contributed by atoms with Crippen LogP contribution >= 0.6 is 11.8 Å². The minimum Gasteiger partial charge on any atom is -0.493 e. The maximum absolute atomic E-state index is 12.2. The molecule has 7 nitrogen and oxygen atoms in total. The Kier molecular flexibility index (Phi) is 9.87. The van der Waals surface area contributed by atoms with Gasteiger partial charge in [0.25, 0.3) is 5.24 Å². The molecular formula is C34H35N3O4S. The number of imide groups is 1. The van der Waals surface area contributed by atoms with Crippen LogP contribution in [0.15, 0.2) is 79.1 Å². The minimum atomic E-state index is -0.433. The van der Waals surface area contributed by atoms with Gasteiger partial charge in [-0.3, -0.25) is 24.9 Å². The predicted octanol–water partition coefficient (Wildman–Crippen LogP) is 6.41. The molecule has 2 amide bonds. The van der Waals surface area contributed by atoms with Gasteiger partial charge in [-0.1, -0.05) is 55.9 Å². The molecule has 1 fully saturated rings. The molecule has 42 heavy (non-hydrogen) atoms. The third-order valence-corrected chi connectivity index (χ3v) is 8.21. The van der Waals surface area contributed by atoms with Gasteiger partial charge in [-0.15, -0.1) is 0 Å². The highest BCUT2D eigenvalue weighted by Gasteiger charge is 2.31. The molecule has 1 N–H and O–H groups in total. The number of nitrogens with zero attached hydrogens (tertiary/aromatic N) is 2. The molecule has 4 aromatic rings. The van der Waals surface area contributed by atoms with Crippen molar-refractivity contribution in [2.24, 2.45) is 0 Å². The van der Waals surface area contributed by atoms with Gasteiger partial charge in [0, 0.05) is 42.2 Å². The van der Waals surface area contributed by atoms with E-state index in [0.717, 1.165) is 70.6 Å². The Hall–Kier alpha value is -4.17. The number of hydrogen-bond acceptors (Lipinski definition) is 7. The quantitative estimate of drug-likeness (QED) is 0.195. The summed E-state index contributed by atoms with van der Waals surface area (Å²) in [6.45, 7) is 5.25. The zero-order valence-corrected chi connectivity index (χ0v) is 24.8. The molecule has 0 radical (unpaired) electrons. The van der Waals surface area contributed by atoms with Gasteiger partial charge in [0.2, 0.25) is 5.91 Å². The van der Waals surface area contributed by atoms with Gasteiger partial charge >= 0.3 is 0 Å². The number of aryl methyl sites for hydroxylation is 2. The van der Waals surface area contributed by atoms with Crippen LogP contribution < -0.4 is 14.8 Å². The summed E-state index contributed by atoms with van der Waals surface area (Å²) in [7, 11) is 0. The van der Waals surface area contributed by atoms with E-state index in [9.17, 15) is 9.59 Å². The number of hydrogen-bond donors (Lipinski definition) is 1.